The van der Waals surface area contributed by atoms with Crippen molar-refractivity contribution in [3.8, 4) is 0 Å². The normalized spacial score (nSPS) is 11.8. The molecule has 0 aliphatic rings. The lowest BCUT2D eigenvalue weighted by Gasteiger charge is -2.17. The number of carbonyl (C=O) groups excluding carboxylic acids is 1. The van der Waals surface area contributed by atoms with Gasteiger partial charge in [-0.05, 0) is 53.9 Å². The van der Waals surface area contributed by atoms with Crippen LogP contribution in [0, 0.1) is 0 Å². The van der Waals surface area contributed by atoms with E-state index in [0.29, 0.717) is 5.56 Å². The molecule has 4 heteroatoms. The van der Waals surface area contributed by atoms with Crippen LogP contribution in [0.2, 0.25) is 5.02 Å². The van der Waals surface area contributed by atoms with Crippen LogP contribution in [0.15, 0.2) is 83.8 Å². The minimum atomic E-state index is -0.0393. The molecule has 0 aliphatic heterocycles. The quantitative estimate of drug-likeness (QED) is 0.462. The second-order valence-electron chi connectivity index (χ2n) is 6.28. The Labute approximate surface area is 170 Å². The standard InChI is InChI=1S/C23H22ClNOS/c1-2-22(18-6-4-3-5-7-18)25-23(26)19-10-8-17(9-11-19)16-27-21-14-12-20(24)13-15-21/h3-15,22H,2,16H2,1H3,(H,25,26)/t22-/m0/s1. The summed E-state index contributed by atoms with van der Waals surface area (Å²) in [5, 5.41) is 3.87. The fourth-order valence-electron chi connectivity index (χ4n) is 2.80. The van der Waals surface area contributed by atoms with E-state index in [2.05, 4.69) is 12.2 Å². The maximum atomic E-state index is 12.6. The van der Waals surface area contributed by atoms with Crippen LogP contribution in [0.1, 0.15) is 40.9 Å². The molecular formula is C23H22ClNOS. The minimum absolute atomic E-state index is 0.0267. The average molecular weight is 396 g/mol. The first-order chi connectivity index (χ1) is 13.2. The molecule has 0 bridgehead atoms. The van der Waals surface area contributed by atoms with Crippen molar-refractivity contribution in [3.05, 3.63) is 101 Å². The molecule has 0 heterocycles. The van der Waals surface area contributed by atoms with Crippen molar-refractivity contribution in [2.45, 2.75) is 30.0 Å². The van der Waals surface area contributed by atoms with Crippen molar-refractivity contribution >= 4 is 29.3 Å². The SMILES string of the molecule is CC[C@H](NC(=O)c1ccc(CSc2ccc(Cl)cc2)cc1)c1ccccc1. The Morgan fingerprint density at radius 1 is 0.963 bits per heavy atom. The Balaban J connectivity index is 1.59. The third kappa shape index (κ3) is 5.62. The number of hydrogen-bond acceptors (Lipinski definition) is 2. The van der Waals surface area contributed by atoms with Gasteiger partial charge in [0.1, 0.15) is 0 Å². The van der Waals surface area contributed by atoms with Crippen molar-refractivity contribution in [1.82, 2.24) is 5.32 Å². The van der Waals surface area contributed by atoms with E-state index in [9.17, 15) is 4.79 Å². The van der Waals surface area contributed by atoms with E-state index in [0.717, 1.165) is 22.8 Å². The zero-order chi connectivity index (χ0) is 19.1. The van der Waals surface area contributed by atoms with E-state index in [-0.39, 0.29) is 11.9 Å². The van der Waals surface area contributed by atoms with Gasteiger partial charge in [0.15, 0.2) is 0 Å². The molecule has 0 saturated heterocycles. The summed E-state index contributed by atoms with van der Waals surface area (Å²) < 4.78 is 0. The lowest BCUT2D eigenvalue weighted by molar-refractivity contribution is 0.0935. The third-order valence-corrected chi connectivity index (χ3v) is 5.69. The molecule has 27 heavy (non-hydrogen) atoms. The maximum Gasteiger partial charge on any atom is 0.251 e. The molecular weight excluding hydrogens is 374 g/mol. The Hall–Kier alpha value is -2.23. The predicted octanol–water partition coefficient (Wildman–Crippen LogP) is 6.51. The molecule has 3 rings (SSSR count). The molecule has 3 aromatic rings. The van der Waals surface area contributed by atoms with Crippen LogP contribution in [0.3, 0.4) is 0 Å². The van der Waals surface area contributed by atoms with Crippen LogP contribution in [0.25, 0.3) is 0 Å². The Morgan fingerprint density at radius 3 is 2.26 bits per heavy atom. The van der Waals surface area contributed by atoms with E-state index in [1.807, 2.05) is 78.9 Å². The van der Waals surface area contributed by atoms with E-state index < -0.39 is 0 Å². The van der Waals surface area contributed by atoms with Gasteiger partial charge in [-0.2, -0.15) is 0 Å². The van der Waals surface area contributed by atoms with Gasteiger partial charge in [-0.25, -0.2) is 0 Å². The minimum Gasteiger partial charge on any atom is -0.345 e. The Kier molecular flexibility index (Phi) is 6.97. The molecule has 0 saturated carbocycles. The molecule has 138 valence electrons. The number of rotatable bonds is 7. The van der Waals surface area contributed by atoms with Crippen molar-refractivity contribution in [2.75, 3.05) is 0 Å². The summed E-state index contributed by atoms with van der Waals surface area (Å²) in [5.74, 6) is 0.813. The van der Waals surface area contributed by atoms with Gasteiger partial charge in [-0.15, -0.1) is 11.8 Å². The van der Waals surface area contributed by atoms with E-state index in [1.54, 1.807) is 11.8 Å². The van der Waals surface area contributed by atoms with Gasteiger partial charge in [0.25, 0.3) is 5.91 Å². The number of benzene rings is 3. The zero-order valence-electron chi connectivity index (χ0n) is 15.2. The smallest absolute Gasteiger partial charge is 0.251 e. The van der Waals surface area contributed by atoms with E-state index >= 15 is 0 Å². The summed E-state index contributed by atoms with van der Waals surface area (Å²) in [4.78, 5) is 13.8. The lowest BCUT2D eigenvalue weighted by atomic mass is 10.0. The number of halogens is 1. The summed E-state index contributed by atoms with van der Waals surface area (Å²) in [6.07, 6.45) is 0.853. The number of hydrogen-bond donors (Lipinski definition) is 1. The monoisotopic (exact) mass is 395 g/mol. The van der Waals surface area contributed by atoms with Crippen LogP contribution < -0.4 is 5.32 Å². The van der Waals surface area contributed by atoms with Crippen molar-refractivity contribution in [2.24, 2.45) is 0 Å². The second kappa shape index (κ2) is 9.63. The molecule has 0 spiro atoms. The number of amides is 1. The molecule has 0 unspecified atom stereocenters. The van der Waals surface area contributed by atoms with E-state index in [1.165, 1.54) is 10.5 Å². The average Bonchev–Trinajstić information content (AvgIpc) is 2.72. The first-order valence-electron chi connectivity index (χ1n) is 8.99. The van der Waals surface area contributed by atoms with Crippen LogP contribution in [-0.4, -0.2) is 5.91 Å². The largest absolute Gasteiger partial charge is 0.345 e. The van der Waals surface area contributed by atoms with Crippen molar-refractivity contribution in [3.63, 3.8) is 0 Å². The number of nitrogens with one attached hydrogen (secondary N) is 1. The lowest BCUT2D eigenvalue weighted by Crippen LogP contribution is -2.28. The van der Waals surface area contributed by atoms with Crippen LogP contribution in [0.4, 0.5) is 0 Å². The molecule has 0 aromatic heterocycles. The number of thioether (sulfide) groups is 1. The van der Waals surface area contributed by atoms with Crippen LogP contribution in [0.5, 0.6) is 0 Å². The Morgan fingerprint density at radius 2 is 1.63 bits per heavy atom. The van der Waals surface area contributed by atoms with Gasteiger partial charge in [0.2, 0.25) is 0 Å². The molecule has 0 aliphatic carbocycles. The summed E-state index contributed by atoms with van der Waals surface area (Å²) in [6, 6.07) is 25.7. The van der Waals surface area contributed by atoms with Crippen molar-refractivity contribution < 1.29 is 4.79 Å². The highest BCUT2D eigenvalue weighted by Gasteiger charge is 2.13. The predicted molar refractivity (Wildman–Crippen MR) is 114 cm³/mol. The van der Waals surface area contributed by atoms with Gasteiger partial charge in [-0.3, -0.25) is 4.79 Å². The molecule has 3 aromatic carbocycles. The van der Waals surface area contributed by atoms with Crippen LogP contribution in [-0.2, 0) is 5.75 Å². The molecule has 0 radical (unpaired) electrons. The van der Waals surface area contributed by atoms with Crippen LogP contribution >= 0.6 is 23.4 Å². The number of carbonyl (C=O) groups is 1. The highest BCUT2D eigenvalue weighted by atomic mass is 35.5. The zero-order valence-corrected chi connectivity index (χ0v) is 16.8. The Bertz CT molecular complexity index is 863. The van der Waals surface area contributed by atoms with Gasteiger partial charge in [0, 0.05) is 21.2 Å². The van der Waals surface area contributed by atoms with E-state index in [4.69, 9.17) is 11.6 Å². The fraction of sp³-hybridized carbons (Fsp3) is 0.174. The second-order valence-corrected chi connectivity index (χ2v) is 7.77. The summed E-state index contributed by atoms with van der Waals surface area (Å²) >= 11 is 7.66. The van der Waals surface area contributed by atoms with Gasteiger partial charge in [-0.1, -0.05) is 61.0 Å². The molecule has 2 nitrogen and oxygen atoms in total. The summed E-state index contributed by atoms with van der Waals surface area (Å²) in [5.41, 5.74) is 3.00. The molecule has 1 atom stereocenters. The third-order valence-electron chi connectivity index (χ3n) is 4.35. The molecule has 1 N–H and O–H groups in total. The van der Waals surface area contributed by atoms with Gasteiger partial charge in [0.05, 0.1) is 6.04 Å². The topological polar surface area (TPSA) is 29.1 Å². The van der Waals surface area contributed by atoms with Gasteiger partial charge < -0.3 is 5.32 Å². The first kappa shape index (κ1) is 19.5. The van der Waals surface area contributed by atoms with Crippen molar-refractivity contribution in [1.29, 1.82) is 0 Å². The maximum absolute atomic E-state index is 12.6. The highest BCUT2D eigenvalue weighted by molar-refractivity contribution is 7.98. The summed E-state index contributed by atoms with van der Waals surface area (Å²) in [7, 11) is 0. The fourth-order valence-corrected chi connectivity index (χ4v) is 3.78. The summed E-state index contributed by atoms with van der Waals surface area (Å²) in [6.45, 7) is 2.08. The molecule has 0 fully saturated rings. The first-order valence-corrected chi connectivity index (χ1v) is 10.3. The highest BCUT2D eigenvalue weighted by Crippen LogP contribution is 2.24. The molecule has 1 amide bonds. The van der Waals surface area contributed by atoms with Gasteiger partial charge >= 0.3 is 0 Å².